The molecule has 2 heterocycles. The van der Waals surface area contributed by atoms with Gasteiger partial charge in [-0.1, -0.05) is 37.6 Å². The average Bonchev–Trinajstić information content (AvgIpc) is 3.25. The van der Waals surface area contributed by atoms with Crippen LogP contribution in [0.4, 0.5) is 4.79 Å². The van der Waals surface area contributed by atoms with Gasteiger partial charge in [0.2, 0.25) is 0 Å². The van der Waals surface area contributed by atoms with Crippen LogP contribution in [0, 0.1) is 11.3 Å². The summed E-state index contributed by atoms with van der Waals surface area (Å²) >= 11 is 0. The van der Waals surface area contributed by atoms with E-state index in [0.717, 1.165) is 31.2 Å². The Balaban J connectivity index is 1.46. The first-order valence-corrected chi connectivity index (χ1v) is 9.99. The van der Waals surface area contributed by atoms with Crippen LogP contribution in [0.2, 0.25) is 0 Å². The third-order valence-electron chi connectivity index (χ3n) is 6.94. The zero-order valence-corrected chi connectivity index (χ0v) is 15.9. The molecule has 0 aromatic heterocycles. The van der Waals surface area contributed by atoms with Crippen LogP contribution in [-0.2, 0) is 21.6 Å². The van der Waals surface area contributed by atoms with E-state index in [0.29, 0.717) is 32.7 Å². The molecule has 1 aliphatic carbocycles. The van der Waals surface area contributed by atoms with Crippen LogP contribution in [0.1, 0.15) is 43.7 Å². The van der Waals surface area contributed by atoms with Gasteiger partial charge in [0, 0.05) is 13.1 Å². The number of carbonyl (C=O) groups excluding carboxylic acids is 1. The van der Waals surface area contributed by atoms with Gasteiger partial charge in [-0.05, 0) is 42.7 Å². The Labute approximate surface area is 159 Å². The minimum Gasteiger partial charge on any atom is -0.481 e. The summed E-state index contributed by atoms with van der Waals surface area (Å²) < 4.78 is 6.16. The highest BCUT2D eigenvalue weighted by Crippen LogP contribution is 2.48. The van der Waals surface area contributed by atoms with Gasteiger partial charge < -0.3 is 20.1 Å². The number of fused-ring (bicyclic) bond motifs is 2. The highest BCUT2D eigenvalue weighted by atomic mass is 16.5. The van der Waals surface area contributed by atoms with E-state index in [1.165, 1.54) is 5.56 Å². The first-order chi connectivity index (χ1) is 13.0. The molecule has 2 N–H and O–H groups in total. The first kappa shape index (κ1) is 18.3. The van der Waals surface area contributed by atoms with Gasteiger partial charge in [-0.3, -0.25) is 4.79 Å². The summed E-state index contributed by atoms with van der Waals surface area (Å²) in [7, 11) is 0. The molecular weight excluding hydrogens is 344 g/mol. The van der Waals surface area contributed by atoms with Crippen molar-refractivity contribution in [2.24, 2.45) is 11.3 Å². The molecule has 0 spiro atoms. The lowest BCUT2D eigenvalue weighted by atomic mass is 9.81. The molecule has 4 rings (SSSR count). The monoisotopic (exact) mass is 372 g/mol. The van der Waals surface area contributed by atoms with E-state index in [9.17, 15) is 14.7 Å². The normalized spacial score (nSPS) is 32.0. The quantitative estimate of drug-likeness (QED) is 0.852. The Bertz CT molecular complexity index is 751. The molecule has 3 aliphatic rings. The van der Waals surface area contributed by atoms with Gasteiger partial charge in [-0.25, -0.2) is 4.79 Å². The maximum absolute atomic E-state index is 12.8. The zero-order chi connectivity index (χ0) is 19.1. The summed E-state index contributed by atoms with van der Waals surface area (Å²) in [6.07, 6.45) is 4.17. The smallest absolute Gasteiger partial charge is 0.317 e. The Morgan fingerprint density at radius 3 is 2.93 bits per heavy atom. The fraction of sp³-hybridized carbons (Fsp3) is 0.619. The molecule has 1 aromatic rings. The van der Waals surface area contributed by atoms with Gasteiger partial charge in [-0.2, -0.15) is 0 Å². The molecule has 1 saturated carbocycles. The van der Waals surface area contributed by atoms with E-state index in [-0.39, 0.29) is 11.9 Å². The molecule has 2 amide bonds. The number of carboxylic acids is 1. The number of nitrogens with one attached hydrogen (secondary N) is 1. The van der Waals surface area contributed by atoms with E-state index in [1.807, 2.05) is 12.1 Å². The zero-order valence-electron chi connectivity index (χ0n) is 15.9. The number of carboxylic acid groups (broad SMARTS) is 1. The van der Waals surface area contributed by atoms with E-state index in [1.54, 1.807) is 4.90 Å². The van der Waals surface area contributed by atoms with E-state index >= 15 is 0 Å². The van der Waals surface area contributed by atoms with Gasteiger partial charge in [0.1, 0.15) is 5.60 Å². The van der Waals surface area contributed by atoms with Crippen LogP contribution in [-0.4, -0.2) is 48.2 Å². The summed E-state index contributed by atoms with van der Waals surface area (Å²) in [5.74, 6) is -0.678. The number of urea groups is 1. The van der Waals surface area contributed by atoms with Crippen molar-refractivity contribution in [1.82, 2.24) is 10.2 Å². The van der Waals surface area contributed by atoms with Crippen molar-refractivity contribution in [3.05, 3.63) is 35.4 Å². The molecular formula is C21H28N2O4. The number of likely N-dealkylation sites (tertiary alicyclic amines) is 1. The fourth-order valence-electron chi connectivity index (χ4n) is 5.30. The summed E-state index contributed by atoms with van der Waals surface area (Å²) in [5.41, 5.74) is 1.18. The van der Waals surface area contributed by atoms with Gasteiger partial charge in [-0.15, -0.1) is 0 Å². The molecule has 6 nitrogen and oxygen atoms in total. The number of rotatable bonds is 4. The lowest BCUT2D eigenvalue weighted by Crippen LogP contribution is -2.49. The molecule has 0 radical (unpaired) electrons. The molecule has 2 aliphatic heterocycles. The number of hydrogen-bond donors (Lipinski definition) is 2. The van der Waals surface area contributed by atoms with Crippen LogP contribution in [0.5, 0.6) is 0 Å². The van der Waals surface area contributed by atoms with Crippen molar-refractivity contribution in [1.29, 1.82) is 0 Å². The molecule has 3 atom stereocenters. The second kappa shape index (κ2) is 6.82. The molecule has 0 bridgehead atoms. The topological polar surface area (TPSA) is 78.9 Å². The average molecular weight is 372 g/mol. The Morgan fingerprint density at radius 1 is 1.37 bits per heavy atom. The van der Waals surface area contributed by atoms with Crippen molar-refractivity contribution in [2.75, 3.05) is 26.2 Å². The minimum atomic E-state index is -0.755. The SMILES string of the molecule is CCC1(CNC(=O)N2C[C@@H]3CCC[C@@]3(C(=O)O)C2)OCCc2ccccc21. The number of carbonyl (C=O) groups is 2. The number of hydrogen-bond acceptors (Lipinski definition) is 3. The van der Waals surface area contributed by atoms with Crippen LogP contribution >= 0.6 is 0 Å². The van der Waals surface area contributed by atoms with E-state index < -0.39 is 17.0 Å². The summed E-state index contributed by atoms with van der Waals surface area (Å²) in [5, 5.41) is 12.8. The molecule has 27 heavy (non-hydrogen) atoms. The van der Waals surface area contributed by atoms with Crippen LogP contribution in [0.15, 0.2) is 24.3 Å². The van der Waals surface area contributed by atoms with Gasteiger partial charge in [0.25, 0.3) is 0 Å². The van der Waals surface area contributed by atoms with Crippen LogP contribution in [0.3, 0.4) is 0 Å². The van der Waals surface area contributed by atoms with Gasteiger partial charge in [0.05, 0.1) is 18.6 Å². The summed E-state index contributed by atoms with van der Waals surface area (Å²) in [4.78, 5) is 26.3. The molecule has 6 heteroatoms. The van der Waals surface area contributed by atoms with Crippen LogP contribution in [0.25, 0.3) is 0 Å². The van der Waals surface area contributed by atoms with Gasteiger partial charge >= 0.3 is 12.0 Å². The second-order valence-corrected chi connectivity index (χ2v) is 8.19. The molecule has 1 saturated heterocycles. The molecule has 1 unspecified atom stereocenters. The lowest BCUT2D eigenvalue weighted by Gasteiger charge is -2.39. The van der Waals surface area contributed by atoms with E-state index in [4.69, 9.17) is 4.74 Å². The first-order valence-electron chi connectivity index (χ1n) is 9.99. The Hall–Kier alpha value is -2.08. The highest BCUT2D eigenvalue weighted by Gasteiger charge is 2.56. The standard InChI is InChI=1S/C21H28N2O4/c1-2-21(17-8-4-3-6-15(17)9-11-27-21)13-22-19(26)23-12-16-7-5-10-20(16,14-23)18(24)25/h3-4,6,8,16H,2,5,7,9-14H2,1H3,(H,22,26)(H,24,25)/t16-,20+,21?/m0/s1. The van der Waals surface area contributed by atoms with Crippen molar-refractivity contribution in [3.63, 3.8) is 0 Å². The minimum absolute atomic E-state index is 0.0764. The summed E-state index contributed by atoms with van der Waals surface area (Å²) in [6.45, 7) is 3.98. The lowest BCUT2D eigenvalue weighted by molar-refractivity contribution is -0.149. The molecule has 2 fully saturated rings. The largest absolute Gasteiger partial charge is 0.481 e. The molecule has 146 valence electrons. The number of benzene rings is 1. The second-order valence-electron chi connectivity index (χ2n) is 8.19. The number of aliphatic carboxylic acids is 1. The third kappa shape index (κ3) is 2.90. The predicted octanol–water partition coefficient (Wildman–Crippen LogP) is 2.76. The maximum atomic E-state index is 12.8. The Morgan fingerprint density at radius 2 is 2.19 bits per heavy atom. The Kier molecular flexibility index (Phi) is 4.62. The van der Waals surface area contributed by atoms with Crippen molar-refractivity contribution < 1.29 is 19.4 Å². The van der Waals surface area contributed by atoms with Crippen molar-refractivity contribution in [3.8, 4) is 0 Å². The third-order valence-corrected chi connectivity index (χ3v) is 6.94. The number of ether oxygens (including phenoxy) is 1. The van der Waals surface area contributed by atoms with Gasteiger partial charge in [0.15, 0.2) is 0 Å². The maximum Gasteiger partial charge on any atom is 0.317 e. The number of nitrogens with zero attached hydrogens (tertiary/aromatic N) is 1. The molecule has 1 aromatic carbocycles. The predicted molar refractivity (Wildman–Crippen MR) is 100 cm³/mol. The van der Waals surface area contributed by atoms with Crippen LogP contribution < -0.4 is 5.32 Å². The van der Waals surface area contributed by atoms with Crippen molar-refractivity contribution >= 4 is 12.0 Å². The van der Waals surface area contributed by atoms with Crippen molar-refractivity contribution in [2.45, 2.75) is 44.6 Å². The fourth-order valence-corrected chi connectivity index (χ4v) is 5.30. The number of amides is 2. The van der Waals surface area contributed by atoms with E-state index in [2.05, 4.69) is 24.4 Å². The summed E-state index contributed by atoms with van der Waals surface area (Å²) in [6, 6.07) is 8.09. The highest BCUT2D eigenvalue weighted by molar-refractivity contribution is 5.80.